The Morgan fingerprint density at radius 2 is 1.95 bits per heavy atom. The van der Waals surface area contributed by atoms with Gasteiger partial charge in [-0.2, -0.15) is 0 Å². The molecule has 20 heavy (non-hydrogen) atoms. The summed E-state index contributed by atoms with van der Waals surface area (Å²) in [7, 11) is 1.86. The summed E-state index contributed by atoms with van der Waals surface area (Å²) >= 11 is 0. The van der Waals surface area contributed by atoms with Crippen molar-refractivity contribution in [2.45, 2.75) is 31.0 Å². The fourth-order valence-electron chi connectivity index (χ4n) is 3.09. The molecule has 110 valence electrons. The molecule has 0 bridgehead atoms. The molecule has 3 nitrogen and oxygen atoms in total. The Morgan fingerprint density at radius 3 is 2.55 bits per heavy atom. The van der Waals surface area contributed by atoms with Gasteiger partial charge in [0.2, 0.25) is 0 Å². The Labute approximate surface area is 117 Å². The summed E-state index contributed by atoms with van der Waals surface area (Å²) in [6.45, 7) is 2.18. The zero-order valence-corrected chi connectivity index (χ0v) is 11.6. The first-order valence-electron chi connectivity index (χ1n) is 7.17. The summed E-state index contributed by atoms with van der Waals surface area (Å²) in [6.07, 6.45) is 2.26. The number of rotatable bonds is 4. The molecule has 1 heterocycles. The van der Waals surface area contributed by atoms with Crippen molar-refractivity contribution < 1.29 is 13.5 Å². The van der Waals surface area contributed by atoms with Crippen molar-refractivity contribution in [3.05, 3.63) is 35.4 Å². The number of morpholine rings is 1. The molecule has 2 fully saturated rings. The predicted molar refractivity (Wildman–Crippen MR) is 72.5 cm³/mol. The van der Waals surface area contributed by atoms with Crippen molar-refractivity contribution in [1.29, 1.82) is 0 Å². The lowest BCUT2D eigenvalue weighted by Crippen LogP contribution is -2.49. The first kappa shape index (κ1) is 13.9. The molecule has 1 aromatic rings. The van der Waals surface area contributed by atoms with E-state index in [2.05, 4.69) is 10.2 Å². The summed E-state index contributed by atoms with van der Waals surface area (Å²) < 4.78 is 32.9. The smallest absolute Gasteiger partial charge is 0.126 e. The van der Waals surface area contributed by atoms with Gasteiger partial charge in [-0.1, -0.05) is 0 Å². The third-order valence-corrected chi connectivity index (χ3v) is 4.04. The van der Waals surface area contributed by atoms with Crippen molar-refractivity contribution in [3.63, 3.8) is 0 Å². The quantitative estimate of drug-likeness (QED) is 0.915. The maximum atomic E-state index is 13.5. The molecule has 0 aromatic heterocycles. The van der Waals surface area contributed by atoms with Gasteiger partial charge in [-0.3, -0.25) is 4.90 Å². The third-order valence-electron chi connectivity index (χ3n) is 4.04. The van der Waals surface area contributed by atoms with E-state index in [-0.39, 0.29) is 12.1 Å². The highest BCUT2D eigenvalue weighted by Crippen LogP contribution is 2.39. The zero-order valence-electron chi connectivity index (χ0n) is 11.6. The van der Waals surface area contributed by atoms with Crippen LogP contribution in [0.3, 0.4) is 0 Å². The van der Waals surface area contributed by atoms with Crippen molar-refractivity contribution in [2.75, 3.05) is 26.7 Å². The Hall–Kier alpha value is -1.04. The number of benzene rings is 1. The van der Waals surface area contributed by atoms with Gasteiger partial charge in [-0.15, -0.1) is 0 Å². The molecule has 3 rings (SSSR count). The summed E-state index contributed by atoms with van der Waals surface area (Å²) in [5.41, 5.74) is 0.675. The first-order chi connectivity index (χ1) is 9.69. The van der Waals surface area contributed by atoms with Crippen LogP contribution in [0.1, 0.15) is 24.4 Å². The molecular formula is C15H20F2N2O. The van der Waals surface area contributed by atoms with Gasteiger partial charge in [0.25, 0.3) is 0 Å². The maximum absolute atomic E-state index is 13.5. The van der Waals surface area contributed by atoms with Gasteiger partial charge in [0, 0.05) is 25.2 Å². The molecule has 1 N–H and O–H groups in total. The standard InChI is InChI=1S/C15H20F2N2O/c1-18-9-14-15(10-6-11(16)8-12(17)7-10)19(4-5-20-14)13-2-3-13/h6-8,13-15,18H,2-5,9H2,1H3. The second kappa shape index (κ2) is 5.76. The van der Waals surface area contributed by atoms with E-state index in [1.54, 1.807) is 0 Å². The zero-order chi connectivity index (χ0) is 14.1. The number of likely N-dealkylation sites (N-methyl/N-ethyl adjacent to an activating group) is 1. The molecule has 2 aliphatic rings. The minimum atomic E-state index is -0.524. The largest absolute Gasteiger partial charge is 0.374 e. The molecule has 2 atom stereocenters. The second-order valence-electron chi connectivity index (χ2n) is 5.58. The van der Waals surface area contributed by atoms with Gasteiger partial charge in [0.05, 0.1) is 18.8 Å². The van der Waals surface area contributed by atoms with Gasteiger partial charge in [-0.05, 0) is 37.6 Å². The van der Waals surface area contributed by atoms with E-state index in [0.29, 0.717) is 24.8 Å². The van der Waals surface area contributed by atoms with Crippen molar-refractivity contribution in [3.8, 4) is 0 Å². The van der Waals surface area contributed by atoms with Crippen LogP contribution in [0, 0.1) is 11.6 Å². The average molecular weight is 282 g/mol. The predicted octanol–water partition coefficient (Wildman–Crippen LogP) is 2.09. The molecule has 1 aromatic carbocycles. The van der Waals surface area contributed by atoms with E-state index < -0.39 is 11.6 Å². The summed E-state index contributed by atoms with van der Waals surface area (Å²) in [4.78, 5) is 2.35. The van der Waals surface area contributed by atoms with Crippen LogP contribution >= 0.6 is 0 Å². The fraction of sp³-hybridized carbons (Fsp3) is 0.600. The van der Waals surface area contributed by atoms with E-state index in [1.807, 2.05) is 7.05 Å². The van der Waals surface area contributed by atoms with Crippen LogP contribution < -0.4 is 5.32 Å². The molecule has 0 radical (unpaired) electrons. The normalized spacial score (nSPS) is 27.8. The second-order valence-corrected chi connectivity index (χ2v) is 5.58. The highest BCUT2D eigenvalue weighted by atomic mass is 19.1. The highest BCUT2D eigenvalue weighted by Gasteiger charge is 2.41. The third kappa shape index (κ3) is 2.85. The molecule has 1 saturated carbocycles. The fourth-order valence-corrected chi connectivity index (χ4v) is 3.09. The van der Waals surface area contributed by atoms with Crippen LogP contribution in [-0.2, 0) is 4.74 Å². The SMILES string of the molecule is CNCC1OCCN(C2CC2)C1c1cc(F)cc(F)c1. The van der Waals surface area contributed by atoms with Crippen molar-refractivity contribution in [1.82, 2.24) is 10.2 Å². The van der Waals surface area contributed by atoms with Crippen LogP contribution in [0.2, 0.25) is 0 Å². The Morgan fingerprint density at radius 1 is 1.25 bits per heavy atom. The van der Waals surface area contributed by atoms with Crippen LogP contribution in [-0.4, -0.2) is 43.8 Å². The van der Waals surface area contributed by atoms with Crippen LogP contribution in [0.4, 0.5) is 8.78 Å². The van der Waals surface area contributed by atoms with E-state index in [4.69, 9.17) is 4.74 Å². The highest BCUT2D eigenvalue weighted by molar-refractivity contribution is 5.24. The Kier molecular flexibility index (Phi) is 4.01. The number of nitrogens with zero attached hydrogens (tertiary/aromatic N) is 1. The van der Waals surface area contributed by atoms with E-state index >= 15 is 0 Å². The van der Waals surface area contributed by atoms with Gasteiger partial charge in [-0.25, -0.2) is 8.78 Å². The van der Waals surface area contributed by atoms with Crippen molar-refractivity contribution >= 4 is 0 Å². The molecule has 1 saturated heterocycles. The Bertz CT molecular complexity index is 457. The number of halogens is 2. The molecule has 1 aliphatic carbocycles. The minimum Gasteiger partial charge on any atom is -0.374 e. The van der Waals surface area contributed by atoms with E-state index in [1.165, 1.54) is 25.0 Å². The molecule has 2 unspecified atom stereocenters. The van der Waals surface area contributed by atoms with Crippen LogP contribution in [0.15, 0.2) is 18.2 Å². The number of hydrogen-bond acceptors (Lipinski definition) is 3. The maximum Gasteiger partial charge on any atom is 0.126 e. The van der Waals surface area contributed by atoms with Crippen LogP contribution in [0.25, 0.3) is 0 Å². The molecule has 1 aliphatic heterocycles. The molecule has 0 amide bonds. The topological polar surface area (TPSA) is 24.5 Å². The number of ether oxygens (including phenoxy) is 1. The molecular weight excluding hydrogens is 262 g/mol. The van der Waals surface area contributed by atoms with Crippen LogP contribution in [0.5, 0.6) is 0 Å². The minimum absolute atomic E-state index is 0.0736. The molecule has 5 heteroatoms. The summed E-state index contributed by atoms with van der Waals surface area (Å²) in [5.74, 6) is -1.05. The van der Waals surface area contributed by atoms with Gasteiger partial charge in [0.1, 0.15) is 11.6 Å². The lowest BCUT2D eigenvalue weighted by Gasteiger charge is -2.42. The molecule has 0 spiro atoms. The monoisotopic (exact) mass is 282 g/mol. The van der Waals surface area contributed by atoms with Gasteiger partial charge >= 0.3 is 0 Å². The van der Waals surface area contributed by atoms with Crippen molar-refractivity contribution in [2.24, 2.45) is 0 Å². The van der Waals surface area contributed by atoms with Gasteiger partial charge in [0.15, 0.2) is 0 Å². The van der Waals surface area contributed by atoms with E-state index in [0.717, 1.165) is 12.6 Å². The lowest BCUT2D eigenvalue weighted by molar-refractivity contribution is -0.0741. The first-order valence-corrected chi connectivity index (χ1v) is 7.17. The number of hydrogen-bond donors (Lipinski definition) is 1. The summed E-state index contributed by atoms with van der Waals surface area (Å²) in [6, 6.07) is 4.24. The number of nitrogens with one attached hydrogen (secondary N) is 1. The summed E-state index contributed by atoms with van der Waals surface area (Å²) in [5, 5.41) is 3.11. The Balaban J connectivity index is 1.93. The lowest BCUT2D eigenvalue weighted by atomic mass is 9.97. The van der Waals surface area contributed by atoms with Gasteiger partial charge < -0.3 is 10.1 Å². The van der Waals surface area contributed by atoms with E-state index in [9.17, 15) is 8.78 Å². The average Bonchev–Trinajstić information content (AvgIpc) is 3.22.